The Bertz CT molecular complexity index is 1320. The quantitative estimate of drug-likeness (QED) is 0.389. The van der Waals surface area contributed by atoms with E-state index in [1.165, 1.54) is 18.9 Å². The summed E-state index contributed by atoms with van der Waals surface area (Å²) in [4.78, 5) is 11.6. The standard InChI is InChI=1S/C26H21BrN4O2S/c1-18-7-6-10-22(17-18)31-26(34-24(29-31)25(32)33-2)16-15-23(19-11-13-20(27)14-12-19)28-30(26)21-8-4-3-5-9-21/h3-17H,1-2H3/t26-/m0/s1. The minimum absolute atomic E-state index is 0.261. The SMILES string of the molecule is COC(=O)C1=NN(c2cccc(C)c2)[C@@]2(C=CC(c3ccc(Br)cc3)=NN2c2ccccc2)S1. The van der Waals surface area contributed by atoms with Crippen LogP contribution in [0, 0.1) is 6.92 Å². The summed E-state index contributed by atoms with van der Waals surface area (Å²) in [6.45, 7) is 2.03. The lowest BCUT2D eigenvalue weighted by molar-refractivity contribution is -0.132. The maximum atomic E-state index is 12.6. The molecule has 3 aromatic carbocycles. The Labute approximate surface area is 210 Å². The number of hydrazone groups is 2. The van der Waals surface area contributed by atoms with Crippen LogP contribution in [0.25, 0.3) is 0 Å². The molecule has 34 heavy (non-hydrogen) atoms. The maximum absolute atomic E-state index is 12.6. The van der Waals surface area contributed by atoms with Crippen molar-refractivity contribution in [3.8, 4) is 0 Å². The first-order valence-corrected chi connectivity index (χ1v) is 12.2. The minimum Gasteiger partial charge on any atom is -0.464 e. The number of hydrogen-bond donors (Lipinski definition) is 0. The smallest absolute Gasteiger partial charge is 0.365 e. The molecule has 2 heterocycles. The summed E-state index contributed by atoms with van der Waals surface area (Å²) in [5.74, 6) is -0.483. The van der Waals surface area contributed by atoms with Gasteiger partial charge in [-0.2, -0.15) is 10.2 Å². The van der Waals surface area contributed by atoms with Crippen LogP contribution in [-0.4, -0.2) is 28.8 Å². The Morgan fingerprint density at radius 2 is 1.65 bits per heavy atom. The molecular formula is C26H21BrN4O2S. The molecule has 0 radical (unpaired) electrons. The van der Waals surface area contributed by atoms with E-state index in [9.17, 15) is 4.79 Å². The molecule has 1 atom stereocenters. The zero-order valence-corrected chi connectivity index (χ0v) is 21.0. The summed E-state index contributed by atoms with van der Waals surface area (Å²) in [7, 11) is 1.36. The molecule has 0 unspecified atom stereocenters. The Morgan fingerprint density at radius 1 is 0.941 bits per heavy atom. The lowest BCUT2D eigenvalue weighted by Crippen LogP contribution is -2.53. The second-order valence-electron chi connectivity index (χ2n) is 7.78. The van der Waals surface area contributed by atoms with Gasteiger partial charge in [-0.25, -0.2) is 14.8 Å². The summed E-state index contributed by atoms with van der Waals surface area (Å²) in [6.07, 6.45) is 4.02. The van der Waals surface area contributed by atoms with Gasteiger partial charge < -0.3 is 4.74 Å². The highest BCUT2D eigenvalue weighted by molar-refractivity contribution is 9.10. The van der Waals surface area contributed by atoms with Gasteiger partial charge in [0.15, 0.2) is 0 Å². The number of benzene rings is 3. The predicted octanol–water partition coefficient (Wildman–Crippen LogP) is 5.93. The van der Waals surface area contributed by atoms with Gasteiger partial charge in [0, 0.05) is 10.0 Å². The van der Waals surface area contributed by atoms with Crippen LogP contribution < -0.4 is 10.0 Å². The van der Waals surface area contributed by atoms with Crippen molar-refractivity contribution < 1.29 is 9.53 Å². The highest BCUT2D eigenvalue weighted by Crippen LogP contribution is 2.48. The molecule has 8 heteroatoms. The number of carbonyl (C=O) groups is 1. The van der Waals surface area contributed by atoms with Crippen LogP contribution in [0.2, 0.25) is 0 Å². The Hall–Kier alpha value is -3.36. The number of ether oxygens (including phenoxy) is 1. The third kappa shape index (κ3) is 4.03. The van der Waals surface area contributed by atoms with Crippen LogP contribution in [-0.2, 0) is 9.53 Å². The third-order valence-electron chi connectivity index (χ3n) is 5.46. The summed E-state index contributed by atoms with van der Waals surface area (Å²) in [6, 6.07) is 25.9. The second kappa shape index (κ2) is 9.12. The minimum atomic E-state index is -0.933. The maximum Gasteiger partial charge on any atom is 0.365 e. The van der Waals surface area contributed by atoms with E-state index >= 15 is 0 Å². The lowest BCUT2D eigenvalue weighted by atomic mass is 10.1. The van der Waals surface area contributed by atoms with Gasteiger partial charge in [-0.05, 0) is 72.8 Å². The van der Waals surface area contributed by atoms with E-state index in [-0.39, 0.29) is 5.04 Å². The van der Waals surface area contributed by atoms with Crippen LogP contribution in [0.3, 0.4) is 0 Å². The lowest BCUT2D eigenvalue weighted by Gasteiger charge is -2.43. The van der Waals surface area contributed by atoms with Gasteiger partial charge >= 0.3 is 5.97 Å². The number of esters is 1. The van der Waals surface area contributed by atoms with Crippen molar-refractivity contribution in [3.05, 3.63) is 107 Å². The normalized spacial score (nSPS) is 19.3. The molecule has 0 aliphatic carbocycles. The number of thioether (sulfide) groups is 1. The molecule has 1 spiro atoms. The Kier molecular flexibility index (Phi) is 6.02. The molecule has 170 valence electrons. The van der Waals surface area contributed by atoms with E-state index in [0.29, 0.717) is 0 Å². The monoisotopic (exact) mass is 532 g/mol. The van der Waals surface area contributed by atoms with Gasteiger partial charge in [0.05, 0.1) is 24.2 Å². The highest BCUT2D eigenvalue weighted by atomic mass is 79.9. The molecule has 5 rings (SSSR count). The first-order valence-electron chi connectivity index (χ1n) is 10.6. The fraction of sp³-hybridized carbons (Fsp3) is 0.115. The van der Waals surface area contributed by atoms with Crippen LogP contribution in [0.4, 0.5) is 11.4 Å². The predicted molar refractivity (Wildman–Crippen MR) is 142 cm³/mol. The van der Waals surface area contributed by atoms with Gasteiger partial charge in [-0.3, -0.25) is 0 Å². The van der Waals surface area contributed by atoms with Crippen molar-refractivity contribution in [2.75, 3.05) is 17.1 Å². The van der Waals surface area contributed by atoms with Crippen molar-refractivity contribution in [2.24, 2.45) is 10.2 Å². The third-order valence-corrected chi connectivity index (χ3v) is 7.21. The van der Waals surface area contributed by atoms with Crippen LogP contribution in [0.1, 0.15) is 11.1 Å². The van der Waals surface area contributed by atoms with Crippen LogP contribution in [0.5, 0.6) is 0 Å². The van der Waals surface area contributed by atoms with Crippen molar-refractivity contribution in [3.63, 3.8) is 0 Å². The van der Waals surface area contributed by atoms with Crippen molar-refractivity contribution in [2.45, 2.75) is 11.9 Å². The largest absolute Gasteiger partial charge is 0.464 e. The molecule has 2 aliphatic heterocycles. The van der Waals surface area contributed by atoms with E-state index in [0.717, 1.165) is 32.7 Å². The number of carbonyl (C=O) groups excluding carboxylic acids is 1. The molecular weight excluding hydrogens is 512 g/mol. The molecule has 0 aromatic heterocycles. The first kappa shape index (κ1) is 22.4. The fourth-order valence-corrected chi connectivity index (χ4v) is 5.28. The van der Waals surface area contributed by atoms with Crippen LogP contribution >= 0.6 is 27.7 Å². The van der Waals surface area contributed by atoms with Crippen LogP contribution in [0.15, 0.2) is 106 Å². The number of rotatable bonds is 4. The van der Waals surface area contributed by atoms with E-state index in [4.69, 9.17) is 14.9 Å². The number of allylic oxidation sites excluding steroid dienone is 1. The number of halogens is 1. The topological polar surface area (TPSA) is 57.5 Å². The number of para-hydroxylation sites is 1. The van der Waals surface area contributed by atoms with E-state index in [1.54, 1.807) is 0 Å². The molecule has 0 saturated carbocycles. The summed E-state index contributed by atoms with van der Waals surface area (Å²) >= 11 is 4.80. The zero-order chi connectivity index (χ0) is 23.7. The summed E-state index contributed by atoms with van der Waals surface area (Å²) in [5.41, 5.74) is 4.59. The molecule has 0 N–H and O–H groups in total. The molecule has 0 bridgehead atoms. The number of nitrogens with zero attached hydrogens (tertiary/aromatic N) is 4. The second-order valence-corrected chi connectivity index (χ2v) is 9.89. The molecule has 2 aliphatic rings. The Morgan fingerprint density at radius 3 is 2.35 bits per heavy atom. The highest BCUT2D eigenvalue weighted by Gasteiger charge is 2.51. The molecule has 3 aromatic rings. The average molecular weight is 533 g/mol. The zero-order valence-electron chi connectivity index (χ0n) is 18.6. The first-order chi connectivity index (χ1) is 16.5. The van der Waals surface area contributed by atoms with Crippen molar-refractivity contribution in [1.82, 2.24) is 0 Å². The van der Waals surface area contributed by atoms with Crippen molar-refractivity contribution >= 4 is 55.8 Å². The van der Waals surface area contributed by atoms with Gasteiger partial charge in [0.2, 0.25) is 10.0 Å². The molecule has 6 nitrogen and oxygen atoms in total. The number of aryl methyl sites for hydroxylation is 1. The average Bonchev–Trinajstić information content (AvgIpc) is 3.24. The van der Waals surface area contributed by atoms with Gasteiger partial charge in [-0.1, -0.05) is 58.4 Å². The summed E-state index contributed by atoms with van der Waals surface area (Å²) in [5, 5.41) is 13.8. The van der Waals surface area contributed by atoms with E-state index < -0.39 is 11.0 Å². The van der Waals surface area contributed by atoms with Gasteiger partial charge in [-0.15, -0.1) is 0 Å². The van der Waals surface area contributed by atoms with Crippen molar-refractivity contribution in [1.29, 1.82) is 0 Å². The van der Waals surface area contributed by atoms with E-state index in [1.807, 2.05) is 108 Å². The van der Waals surface area contributed by atoms with Gasteiger partial charge in [0.1, 0.15) is 0 Å². The Balaban J connectivity index is 1.67. The number of methoxy groups -OCH3 is 1. The summed E-state index contributed by atoms with van der Waals surface area (Å²) < 4.78 is 6.02. The molecule has 0 saturated heterocycles. The van der Waals surface area contributed by atoms with E-state index in [2.05, 4.69) is 15.9 Å². The molecule has 0 fully saturated rings. The fourth-order valence-electron chi connectivity index (χ4n) is 3.84. The van der Waals surface area contributed by atoms with Gasteiger partial charge in [0.25, 0.3) is 0 Å². The number of anilines is 2. The number of hydrogen-bond acceptors (Lipinski definition) is 7. The molecule has 0 amide bonds.